The zero-order valence-corrected chi connectivity index (χ0v) is 14.5. The number of imidazole rings is 1. The van der Waals surface area contributed by atoms with E-state index in [-0.39, 0.29) is 11.7 Å². The molecule has 23 heavy (non-hydrogen) atoms. The largest absolute Gasteiger partial charge is 0.365 e. The standard InChI is InChI=1S/C16H16BrN5O/c1-3-11-8-22-15(18-11)12-14(21(2)16(22)23)20-13(19-12)9-4-6-10(17)7-5-9/h4-7,11,18H,3,8H2,1-2H3. The Kier molecular flexibility index (Phi) is 3.26. The highest BCUT2D eigenvalue weighted by molar-refractivity contribution is 9.10. The van der Waals surface area contributed by atoms with E-state index >= 15 is 0 Å². The van der Waals surface area contributed by atoms with Crippen molar-refractivity contribution in [2.45, 2.75) is 25.9 Å². The fourth-order valence-electron chi connectivity index (χ4n) is 2.96. The summed E-state index contributed by atoms with van der Waals surface area (Å²) in [6.07, 6.45) is 0.958. The van der Waals surface area contributed by atoms with Gasteiger partial charge in [0, 0.05) is 29.7 Å². The maximum absolute atomic E-state index is 12.5. The van der Waals surface area contributed by atoms with Gasteiger partial charge in [-0.2, -0.15) is 0 Å². The first-order chi connectivity index (χ1) is 11.1. The average molecular weight is 374 g/mol. The number of nitrogens with one attached hydrogen (secondary N) is 1. The summed E-state index contributed by atoms with van der Waals surface area (Å²) in [5, 5.41) is 3.41. The van der Waals surface area contributed by atoms with Crippen molar-refractivity contribution in [1.82, 2.24) is 19.1 Å². The summed E-state index contributed by atoms with van der Waals surface area (Å²) in [6.45, 7) is 2.78. The van der Waals surface area contributed by atoms with Crippen molar-refractivity contribution in [3.63, 3.8) is 0 Å². The van der Waals surface area contributed by atoms with Crippen molar-refractivity contribution in [3.05, 3.63) is 39.2 Å². The molecular formula is C16H16BrN5O. The second kappa shape index (κ2) is 5.19. The lowest BCUT2D eigenvalue weighted by Crippen LogP contribution is -2.30. The minimum Gasteiger partial charge on any atom is -0.365 e. The van der Waals surface area contributed by atoms with E-state index in [1.54, 1.807) is 16.2 Å². The van der Waals surface area contributed by atoms with Crippen LogP contribution in [0.4, 0.5) is 5.82 Å². The van der Waals surface area contributed by atoms with Crippen LogP contribution >= 0.6 is 15.9 Å². The van der Waals surface area contributed by atoms with Gasteiger partial charge in [-0.3, -0.25) is 9.13 Å². The second-order valence-electron chi connectivity index (χ2n) is 5.78. The zero-order chi connectivity index (χ0) is 16.1. The Hall–Kier alpha value is -2.15. The van der Waals surface area contributed by atoms with Gasteiger partial charge in [0.25, 0.3) is 0 Å². The predicted molar refractivity (Wildman–Crippen MR) is 92.7 cm³/mol. The van der Waals surface area contributed by atoms with Crippen LogP contribution in [0.2, 0.25) is 0 Å². The molecule has 1 unspecified atom stereocenters. The molecule has 0 aliphatic carbocycles. The molecule has 1 atom stereocenters. The average Bonchev–Trinajstić information content (AvgIpc) is 3.17. The van der Waals surface area contributed by atoms with Crippen LogP contribution in [0.3, 0.4) is 0 Å². The molecule has 4 rings (SSSR count). The van der Waals surface area contributed by atoms with Gasteiger partial charge in [0.2, 0.25) is 0 Å². The summed E-state index contributed by atoms with van der Waals surface area (Å²) in [4.78, 5) is 21.8. The Labute approximate surface area is 141 Å². The van der Waals surface area contributed by atoms with Crippen LogP contribution in [0.25, 0.3) is 22.9 Å². The van der Waals surface area contributed by atoms with Crippen molar-refractivity contribution in [2.24, 2.45) is 7.05 Å². The second-order valence-corrected chi connectivity index (χ2v) is 6.69. The van der Waals surface area contributed by atoms with Crippen molar-refractivity contribution < 1.29 is 0 Å². The molecule has 0 saturated heterocycles. The lowest BCUT2D eigenvalue weighted by molar-refractivity contribution is 0.590. The third-order valence-corrected chi connectivity index (χ3v) is 4.84. The van der Waals surface area contributed by atoms with Crippen LogP contribution < -0.4 is 11.0 Å². The number of hydrogen-bond acceptors (Lipinski definition) is 4. The van der Waals surface area contributed by atoms with Crippen LogP contribution in [0.1, 0.15) is 13.3 Å². The summed E-state index contributed by atoms with van der Waals surface area (Å²) in [5.41, 5.74) is 1.62. The third-order valence-electron chi connectivity index (χ3n) is 4.31. The van der Waals surface area contributed by atoms with E-state index in [4.69, 9.17) is 0 Å². The van der Waals surface area contributed by atoms with E-state index in [0.29, 0.717) is 18.2 Å². The van der Waals surface area contributed by atoms with Crippen LogP contribution in [0.5, 0.6) is 0 Å². The smallest absolute Gasteiger partial charge is 0.331 e. The summed E-state index contributed by atoms with van der Waals surface area (Å²) < 4.78 is 4.35. The molecule has 0 saturated carbocycles. The minimum atomic E-state index is -0.0572. The van der Waals surface area contributed by atoms with Gasteiger partial charge < -0.3 is 5.32 Å². The number of rotatable bonds is 2. The van der Waals surface area contributed by atoms with Gasteiger partial charge in [-0.05, 0) is 18.6 Å². The Morgan fingerprint density at radius 3 is 2.74 bits per heavy atom. The Balaban J connectivity index is 1.93. The van der Waals surface area contributed by atoms with E-state index < -0.39 is 0 Å². The van der Waals surface area contributed by atoms with E-state index in [0.717, 1.165) is 28.0 Å². The molecule has 1 aromatic rings. The molecule has 3 aliphatic heterocycles. The normalized spacial score (nSPS) is 16.6. The Morgan fingerprint density at radius 2 is 2.04 bits per heavy atom. The molecule has 3 heterocycles. The lowest BCUT2D eigenvalue weighted by Gasteiger charge is -2.10. The van der Waals surface area contributed by atoms with Crippen LogP contribution in [-0.4, -0.2) is 25.1 Å². The van der Waals surface area contributed by atoms with E-state index in [1.807, 2.05) is 24.3 Å². The van der Waals surface area contributed by atoms with Gasteiger partial charge in [0.05, 0.1) is 0 Å². The molecule has 1 aromatic carbocycles. The highest BCUT2D eigenvalue weighted by Crippen LogP contribution is 2.33. The van der Waals surface area contributed by atoms with E-state index in [2.05, 4.69) is 38.1 Å². The molecule has 1 N–H and O–H groups in total. The molecule has 118 valence electrons. The summed E-state index contributed by atoms with van der Waals surface area (Å²) >= 11 is 3.43. The maximum atomic E-state index is 12.5. The summed E-state index contributed by atoms with van der Waals surface area (Å²) in [5.74, 6) is 2.03. The number of benzene rings is 1. The van der Waals surface area contributed by atoms with Crippen molar-refractivity contribution in [3.8, 4) is 22.9 Å². The highest BCUT2D eigenvalue weighted by atomic mass is 79.9. The number of nitrogens with zero attached hydrogens (tertiary/aromatic N) is 4. The molecule has 3 aliphatic rings. The van der Waals surface area contributed by atoms with Gasteiger partial charge in [0.1, 0.15) is 11.5 Å². The van der Waals surface area contributed by atoms with Crippen LogP contribution in [-0.2, 0) is 13.6 Å². The monoisotopic (exact) mass is 373 g/mol. The molecule has 0 aromatic heterocycles. The molecule has 0 bridgehead atoms. The van der Waals surface area contributed by atoms with Crippen LogP contribution in [0, 0.1) is 0 Å². The molecule has 0 radical (unpaired) electrons. The van der Waals surface area contributed by atoms with Gasteiger partial charge in [-0.1, -0.05) is 35.0 Å². The van der Waals surface area contributed by atoms with Crippen molar-refractivity contribution in [2.75, 3.05) is 5.32 Å². The maximum Gasteiger partial charge on any atom is 0.331 e. The fourth-order valence-corrected chi connectivity index (χ4v) is 3.22. The predicted octanol–water partition coefficient (Wildman–Crippen LogP) is 2.72. The van der Waals surface area contributed by atoms with Crippen molar-refractivity contribution in [1.29, 1.82) is 0 Å². The first-order valence-electron chi connectivity index (χ1n) is 7.58. The summed E-state index contributed by atoms with van der Waals surface area (Å²) in [6, 6.07) is 8.11. The number of anilines is 1. The number of halogens is 1. The minimum absolute atomic E-state index is 0.0572. The quantitative estimate of drug-likeness (QED) is 0.749. The Bertz CT molecular complexity index is 912. The van der Waals surface area contributed by atoms with Crippen LogP contribution in [0.15, 0.2) is 33.5 Å². The number of aromatic nitrogens is 4. The highest BCUT2D eigenvalue weighted by Gasteiger charge is 2.30. The number of hydrogen-bond donors (Lipinski definition) is 1. The first kappa shape index (κ1) is 14.4. The molecule has 0 fully saturated rings. The molecule has 6 nitrogen and oxygen atoms in total. The van der Waals surface area contributed by atoms with E-state index in [9.17, 15) is 4.79 Å². The van der Waals surface area contributed by atoms with Gasteiger partial charge >= 0.3 is 5.69 Å². The van der Waals surface area contributed by atoms with Gasteiger partial charge in [0.15, 0.2) is 11.6 Å². The fraction of sp³-hybridized carbons (Fsp3) is 0.312. The van der Waals surface area contributed by atoms with Gasteiger partial charge in [-0.25, -0.2) is 14.8 Å². The summed E-state index contributed by atoms with van der Waals surface area (Å²) in [7, 11) is 1.75. The lowest BCUT2D eigenvalue weighted by atomic mass is 10.2. The first-order valence-corrected chi connectivity index (χ1v) is 8.37. The third kappa shape index (κ3) is 2.18. The molecule has 0 amide bonds. The van der Waals surface area contributed by atoms with Crippen molar-refractivity contribution >= 4 is 21.7 Å². The zero-order valence-electron chi connectivity index (χ0n) is 12.9. The van der Waals surface area contributed by atoms with E-state index in [1.165, 1.54) is 0 Å². The molecular weight excluding hydrogens is 358 g/mol. The SMILES string of the molecule is CCC1Cn2c(c3nc(-c4ccc(Br)cc4)nc-3n(C)c2=O)N1. The molecule has 0 spiro atoms. The van der Waals surface area contributed by atoms with Gasteiger partial charge in [-0.15, -0.1) is 0 Å². The number of fused-ring (bicyclic) bond motifs is 3. The topological polar surface area (TPSA) is 64.7 Å². The Morgan fingerprint density at radius 1 is 1.30 bits per heavy atom. The molecule has 7 heteroatoms.